The lowest BCUT2D eigenvalue weighted by atomic mass is 10.0. The minimum atomic E-state index is -0.376. The molecular weight excluding hydrogens is 422 g/mol. The molecule has 1 unspecified atom stereocenters. The molecule has 0 spiro atoms. The van der Waals surface area contributed by atoms with Crippen molar-refractivity contribution in [1.29, 1.82) is 0 Å². The van der Waals surface area contributed by atoms with Gasteiger partial charge in [0.2, 0.25) is 0 Å². The molecule has 0 radical (unpaired) electrons. The Bertz CT molecular complexity index is 594. The summed E-state index contributed by atoms with van der Waals surface area (Å²) in [6, 6.07) is 4.45. The van der Waals surface area contributed by atoms with Crippen LogP contribution in [0.4, 0.5) is 4.39 Å². The van der Waals surface area contributed by atoms with E-state index >= 15 is 0 Å². The predicted octanol–water partition coefficient (Wildman–Crippen LogP) is 2.53. The highest BCUT2D eigenvalue weighted by Gasteiger charge is 2.17. The highest BCUT2D eigenvalue weighted by molar-refractivity contribution is 14.0. The molecule has 5 nitrogen and oxygen atoms in total. The van der Waals surface area contributed by atoms with Crippen molar-refractivity contribution in [2.75, 3.05) is 26.2 Å². The molecule has 1 heterocycles. The molecule has 0 aromatic heterocycles. The minimum absolute atomic E-state index is 0. The van der Waals surface area contributed by atoms with Gasteiger partial charge in [0.1, 0.15) is 5.82 Å². The molecule has 1 aliphatic heterocycles. The maximum Gasteiger partial charge on any atom is 0.251 e. The average Bonchev–Trinajstić information content (AvgIpc) is 2.53. The Hall–Kier alpha value is -1.38. The van der Waals surface area contributed by atoms with Crippen molar-refractivity contribution in [2.45, 2.75) is 26.7 Å². The summed E-state index contributed by atoms with van der Waals surface area (Å²) in [5.41, 5.74) is 6.83. The Morgan fingerprint density at radius 3 is 2.92 bits per heavy atom. The van der Waals surface area contributed by atoms with Crippen molar-refractivity contribution in [1.82, 2.24) is 10.2 Å². The molecule has 7 heteroatoms. The van der Waals surface area contributed by atoms with Gasteiger partial charge in [0.15, 0.2) is 5.96 Å². The van der Waals surface area contributed by atoms with E-state index in [9.17, 15) is 9.18 Å². The lowest BCUT2D eigenvalue weighted by molar-refractivity contribution is 0.0954. The van der Waals surface area contributed by atoms with Gasteiger partial charge in [-0.1, -0.05) is 13.0 Å². The van der Waals surface area contributed by atoms with Gasteiger partial charge in [-0.25, -0.2) is 4.39 Å². The van der Waals surface area contributed by atoms with E-state index in [1.807, 2.05) is 0 Å². The molecule has 2 rings (SSSR count). The fourth-order valence-electron chi connectivity index (χ4n) is 2.67. The van der Waals surface area contributed by atoms with Crippen LogP contribution >= 0.6 is 24.0 Å². The van der Waals surface area contributed by atoms with Gasteiger partial charge in [-0.3, -0.25) is 9.79 Å². The van der Waals surface area contributed by atoms with Gasteiger partial charge in [-0.15, -0.1) is 24.0 Å². The van der Waals surface area contributed by atoms with E-state index in [0.29, 0.717) is 36.1 Å². The molecule has 0 aliphatic carbocycles. The number of piperidine rings is 1. The van der Waals surface area contributed by atoms with Crippen molar-refractivity contribution in [3.63, 3.8) is 0 Å². The van der Waals surface area contributed by atoms with Gasteiger partial charge < -0.3 is 16.0 Å². The number of benzene rings is 1. The van der Waals surface area contributed by atoms with Crippen LogP contribution in [0.5, 0.6) is 0 Å². The third kappa shape index (κ3) is 5.92. The third-order valence-corrected chi connectivity index (χ3v) is 4.09. The summed E-state index contributed by atoms with van der Waals surface area (Å²) in [7, 11) is 0. The van der Waals surface area contributed by atoms with Crippen LogP contribution in [-0.2, 0) is 0 Å². The Labute approximate surface area is 159 Å². The van der Waals surface area contributed by atoms with Crippen LogP contribution in [-0.4, -0.2) is 42.9 Å². The monoisotopic (exact) mass is 448 g/mol. The van der Waals surface area contributed by atoms with Crippen LogP contribution in [0.3, 0.4) is 0 Å². The standard InChI is InChI=1S/C17H25FN4O.HI/c1-12-4-3-9-22(11-12)17(19)21-8-7-20-16(23)14-6-5-13(2)15(18)10-14;/h5-6,10,12H,3-4,7-9,11H2,1-2H3,(H2,19,21)(H,20,23);1H. The van der Waals surface area contributed by atoms with E-state index < -0.39 is 0 Å². The third-order valence-electron chi connectivity index (χ3n) is 4.09. The number of carbonyl (C=O) groups is 1. The number of guanidine groups is 1. The molecule has 1 fully saturated rings. The summed E-state index contributed by atoms with van der Waals surface area (Å²) in [5, 5.41) is 2.73. The molecular formula is C17H26FIN4O. The number of nitrogens with two attached hydrogens (primary N) is 1. The predicted molar refractivity (Wildman–Crippen MR) is 105 cm³/mol. The lowest BCUT2D eigenvalue weighted by Gasteiger charge is -2.31. The van der Waals surface area contributed by atoms with Crippen LogP contribution in [0.25, 0.3) is 0 Å². The Morgan fingerprint density at radius 1 is 1.50 bits per heavy atom. The van der Waals surface area contributed by atoms with E-state index in [0.717, 1.165) is 19.5 Å². The highest BCUT2D eigenvalue weighted by atomic mass is 127. The van der Waals surface area contributed by atoms with Crippen LogP contribution in [0.2, 0.25) is 0 Å². The van der Waals surface area contributed by atoms with Gasteiger partial charge in [0.25, 0.3) is 5.91 Å². The largest absolute Gasteiger partial charge is 0.370 e. The van der Waals surface area contributed by atoms with Crippen molar-refractivity contribution in [3.05, 3.63) is 35.1 Å². The molecule has 3 N–H and O–H groups in total. The zero-order valence-corrected chi connectivity index (χ0v) is 16.5. The number of rotatable bonds is 4. The van der Waals surface area contributed by atoms with Crippen LogP contribution in [0.1, 0.15) is 35.7 Å². The quantitative estimate of drug-likeness (QED) is 0.322. The number of carbonyl (C=O) groups excluding carboxylic acids is 1. The first-order valence-electron chi connectivity index (χ1n) is 8.06. The van der Waals surface area contributed by atoms with Crippen LogP contribution in [0.15, 0.2) is 23.2 Å². The summed E-state index contributed by atoms with van der Waals surface area (Å²) in [6.07, 6.45) is 2.36. The van der Waals surface area contributed by atoms with E-state index in [-0.39, 0.29) is 35.7 Å². The first-order valence-corrected chi connectivity index (χ1v) is 8.06. The Morgan fingerprint density at radius 2 is 2.25 bits per heavy atom. The Kier molecular flexibility index (Phi) is 8.44. The van der Waals surface area contributed by atoms with Crippen LogP contribution < -0.4 is 11.1 Å². The van der Waals surface area contributed by atoms with Crippen molar-refractivity contribution in [2.24, 2.45) is 16.6 Å². The Balaban J connectivity index is 0.00000288. The van der Waals surface area contributed by atoms with Crippen molar-refractivity contribution >= 4 is 35.8 Å². The molecule has 0 bridgehead atoms. The second kappa shape index (κ2) is 9.80. The normalized spacial score (nSPS) is 18.0. The second-order valence-electron chi connectivity index (χ2n) is 6.15. The van der Waals surface area contributed by atoms with Gasteiger partial charge in [-0.2, -0.15) is 0 Å². The number of aliphatic imine (C=N–C) groups is 1. The second-order valence-corrected chi connectivity index (χ2v) is 6.15. The first-order chi connectivity index (χ1) is 11.0. The first kappa shape index (κ1) is 20.7. The van der Waals surface area contributed by atoms with Gasteiger partial charge >= 0.3 is 0 Å². The zero-order valence-electron chi connectivity index (χ0n) is 14.2. The summed E-state index contributed by atoms with van der Waals surface area (Å²) in [6.45, 7) is 6.53. The molecule has 1 aromatic rings. The molecule has 0 saturated carbocycles. The number of nitrogens with one attached hydrogen (secondary N) is 1. The number of hydrogen-bond donors (Lipinski definition) is 2. The fourth-order valence-corrected chi connectivity index (χ4v) is 2.67. The minimum Gasteiger partial charge on any atom is -0.370 e. The number of nitrogens with zero attached hydrogens (tertiary/aromatic N) is 2. The summed E-state index contributed by atoms with van der Waals surface area (Å²) < 4.78 is 13.4. The SMILES string of the molecule is Cc1ccc(C(=O)NCCN=C(N)N2CCCC(C)C2)cc1F.I. The van der Waals surface area contributed by atoms with E-state index in [2.05, 4.69) is 22.1 Å². The van der Waals surface area contributed by atoms with Crippen LogP contribution in [0, 0.1) is 18.7 Å². The smallest absolute Gasteiger partial charge is 0.251 e. The zero-order chi connectivity index (χ0) is 16.8. The maximum atomic E-state index is 13.4. The molecule has 24 heavy (non-hydrogen) atoms. The molecule has 134 valence electrons. The fraction of sp³-hybridized carbons (Fsp3) is 0.529. The van der Waals surface area contributed by atoms with E-state index in [4.69, 9.17) is 5.73 Å². The molecule has 1 amide bonds. The van der Waals surface area contributed by atoms with Gasteiger partial charge in [0, 0.05) is 25.2 Å². The molecule has 1 atom stereocenters. The molecule has 1 aromatic carbocycles. The number of aryl methyl sites for hydroxylation is 1. The highest BCUT2D eigenvalue weighted by Crippen LogP contribution is 2.14. The number of amides is 1. The number of hydrogen-bond acceptors (Lipinski definition) is 2. The molecule has 1 aliphatic rings. The molecule has 1 saturated heterocycles. The maximum absolute atomic E-state index is 13.4. The van der Waals surface area contributed by atoms with E-state index in [1.54, 1.807) is 19.1 Å². The number of likely N-dealkylation sites (tertiary alicyclic amines) is 1. The van der Waals surface area contributed by atoms with E-state index in [1.165, 1.54) is 12.5 Å². The summed E-state index contributed by atoms with van der Waals surface area (Å²) in [4.78, 5) is 18.3. The number of halogens is 2. The lowest BCUT2D eigenvalue weighted by Crippen LogP contribution is -2.43. The summed E-state index contributed by atoms with van der Waals surface area (Å²) >= 11 is 0. The van der Waals surface area contributed by atoms with Crippen molar-refractivity contribution < 1.29 is 9.18 Å². The van der Waals surface area contributed by atoms with Gasteiger partial charge in [-0.05, 0) is 43.4 Å². The summed E-state index contributed by atoms with van der Waals surface area (Å²) in [5.74, 6) is 0.490. The average molecular weight is 448 g/mol. The van der Waals surface area contributed by atoms with Gasteiger partial charge in [0.05, 0.1) is 6.54 Å². The van der Waals surface area contributed by atoms with Crippen molar-refractivity contribution in [3.8, 4) is 0 Å². The topological polar surface area (TPSA) is 70.7 Å².